The van der Waals surface area contributed by atoms with Crippen molar-refractivity contribution in [3.05, 3.63) is 12.4 Å². The molecule has 0 aliphatic carbocycles. The monoisotopic (exact) mass is 183 g/mol. The lowest BCUT2D eigenvalue weighted by Crippen LogP contribution is -2.15. The molecule has 0 unspecified atom stereocenters. The van der Waals surface area contributed by atoms with Gasteiger partial charge in [0.15, 0.2) is 11.5 Å². The summed E-state index contributed by atoms with van der Waals surface area (Å²) in [6.45, 7) is 0. The van der Waals surface area contributed by atoms with Crippen LogP contribution in [0.5, 0.6) is 11.5 Å². The molecule has 1 aromatic heterocycles. The molecular formula is C7H5NO5. The van der Waals surface area contributed by atoms with Crippen molar-refractivity contribution in [3.8, 4) is 11.5 Å². The van der Waals surface area contributed by atoms with Gasteiger partial charge >= 0.3 is 12.3 Å². The van der Waals surface area contributed by atoms with Crippen LogP contribution in [0.1, 0.15) is 0 Å². The number of rotatable bonds is 0. The SMILES string of the molecule is Cn1cc2c(c1)OC(=O)OC(=O)O2. The van der Waals surface area contributed by atoms with Crippen LogP contribution in [0.25, 0.3) is 0 Å². The Kier molecular flexibility index (Phi) is 1.48. The average Bonchev–Trinajstić information content (AvgIpc) is 2.24. The van der Waals surface area contributed by atoms with E-state index in [4.69, 9.17) is 0 Å². The van der Waals surface area contributed by atoms with E-state index in [9.17, 15) is 9.59 Å². The van der Waals surface area contributed by atoms with E-state index in [1.807, 2.05) is 0 Å². The highest BCUT2D eigenvalue weighted by Crippen LogP contribution is 2.30. The first kappa shape index (κ1) is 7.66. The highest BCUT2D eigenvalue weighted by atomic mass is 16.8. The van der Waals surface area contributed by atoms with Crippen LogP contribution >= 0.6 is 0 Å². The smallest absolute Gasteiger partial charge is 0.389 e. The molecule has 13 heavy (non-hydrogen) atoms. The third-order valence-corrected chi connectivity index (χ3v) is 1.44. The first-order chi connectivity index (χ1) is 6.15. The van der Waals surface area contributed by atoms with Crippen molar-refractivity contribution < 1.29 is 23.8 Å². The van der Waals surface area contributed by atoms with Crippen LogP contribution in [-0.2, 0) is 11.8 Å². The summed E-state index contributed by atoms with van der Waals surface area (Å²) < 4.78 is 14.9. The summed E-state index contributed by atoms with van der Waals surface area (Å²) in [5, 5.41) is 0. The normalized spacial score (nSPS) is 15.2. The van der Waals surface area contributed by atoms with Gasteiger partial charge in [0.2, 0.25) is 0 Å². The van der Waals surface area contributed by atoms with Crippen LogP contribution in [-0.4, -0.2) is 16.9 Å². The van der Waals surface area contributed by atoms with E-state index in [0.717, 1.165) is 0 Å². The van der Waals surface area contributed by atoms with Gasteiger partial charge < -0.3 is 18.8 Å². The summed E-state index contributed by atoms with van der Waals surface area (Å²) >= 11 is 0. The molecule has 6 nitrogen and oxygen atoms in total. The van der Waals surface area contributed by atoms with Crippen molar-refractivity contribution in [1.29, 1.82) is 0 Å². The molecule has 0 saturated carbocycles. The number of hydrogen-bond donors (Lipinski definition) is 0. The molecule has 0 atom stereocenters. The molecule has 0 N–H and O–H groups in total. The van der Waals surface area contributed by atoms with Crippen molar-refractivity contribution in [2.24, 2.45) is 7.05 Å². The number of nitrogens with zero attached hydrogens (tertiary/aromatic N) is 1. The van der Waals surface area contributed by atoms with Crippen LogP contribution in [0, 0.1) is 0 Å². The molecule has 0 amide bonds. The molecule has 1 aliphatic heterocycles. The summed E-state index contributed by atoms with van der Waals surface area (Å²) in [7, 11) is 1.71. The maximum absolute atomic E-state index is 10.7. The number of carbonyl (C=O) groups excluding carboxylic acids is 2. The molecular weight excluding hydrogens is 178 g/mol. The fourth-order valence-corrected chi connectivity index (χ4v) is 0.977. The minimum Gasteiger partial charge on any atom is -0.389 e. The fraction of sp³-hybridized carbons (Fsp3) is 0.143. The van der Waals surface area contributed by atoms with Gasteiger partial charge in [-0.25, -0.2) is 9.59 Å². The molecule has 1 aliphatic rings. The van der Waals surface area contributed by atoms with Crippen molar-refractivity contribution in [2.45, 2.75) is 0 Å². The standard InChI is InChI=1S/C7H5NO5/c1-8-2-4-5(3-8)12-7(10)13-6(9)11-4/h2-3H,1H3. The first-order valence-electron chi connectivity index (χ1n) is 3.42. The molecule has 0 radical (unpaired) electrons. The second kappa shape index (κ2) is 2.51. The number of ether oxygens (including phenoxy) is 3. The molecule has 1 aromatic rings. The van der Waals surface area contributed by atoms with Gasteiger partial charge in [0.05, 0.1) is 12.4 Å². The molecule has 6 heteroatoms. The van der Waals surface area contributed by atoms with E-state index in [1.54, 1.807) is 11.6 Å². The van der Waals surface area contributed by atoms with Gasteiger partial charge in [-0.1, -0.05) is 0 Å². The number of aromatic nitrogens is 1. The van der Waals surface area contributed by atoms with E-state index in [0.29, 0.717) is 0 Å². The maximum atomic E-state index is 10.7. The zero-order valence-corrected chi connectivity index (χ0v) is 6.64. The van der Waals surface area contributed by atoms with Gasteiger partial charge in [-0.15, -0.1) is 0 Å². The zero-order chi connectivity index (χ0) is 9.42. The van der Waals surface area contributed by atoms with Crippen LogP contribution < -0.4 is 9.47 Å². The van der Waals surface area contributed by atoms with Crippen molar-refractivity contribution >= 4 is 12.3 Å². The number of aryl methyl sites for hydroxylation is 1. The van der Waals surface area contributed by atoms with Crippen molar-refractivity contribution in [3.63, 3.8) is 0 Å². The van der Waals surface area contributed by atoms with Crippen LogP contribution in [0.3, 0.4) is 0 Å². The molecule has 68 valence electrons. The summed E-state index contributed by atoms with van der Waals surface area (Å²) in [5.74, 6) is 0.330. The Morgan fingerprint density at radius 3 is 1.92 bits per heavy atom. The Hall–Kier alpha value is -1.98. The van der Waals surface area contributed by atoms with Crippen LogP contribution in [0.2, 0.25) is 0 Å². The van der Waals surface area contributed by atoms with E-state index in [1.165, 1.54) is 12.4 Å². The molecule has 0 saturated heterocycles. The summed E-state index contributed by atoms with van der Waals surface area (Å²) in [6, 6.07) is 0. The molecule has 0 fully saturated rings. The number of fused-ring (bicyclic) bond motifs is 1. The lowest BCUT2D eigenvalue weighted by molar-refractivity contribution is 0.0994. The van der Waals surface area contributed by atoms with E-state index in [-0.39, 0.29) is 11.5 Å². The Morgan fingerprint density at radius 2 is 1.46 bits per heavy atom. The fourth-order valence-electron chi connectivity index (χ4n) is 0.977. The first-order valence-corrected chi connectivity index (χ1v) is 3.42. The van der Waals surface area contributed by atoms with Gasteiger partial charge in [-0.05, 0) is 0 Å². The Bertz CT molecular complexity index is 347. The molecule has 0 spiro atoms. The van der Waals surface area contributed by atoms with Crippen molar-refractivity contribution in [1.82, 2.24) is 4.57 Å². The summed E-state index contributed by atoms with van der Waals surface area (Å²) in [6.07, 6.45) is 0.814. The highest BCUT2D eigenvalue weighted by molar-refractivity contribution is 5.82. The maximum Gasteiger partial charge on any atom is 0.524 e. The predicted octanol–water partition coefficient (Wildman–Crippen LogP) is 1.05. The van der Waals surface area contributed by atoms with Gasteiger partial charge in [-0.3, -0.25) is 0 Å². The lowest BCUT2D eigenvalue weighted by atomic mass is 10.5. The van der Waals surface area contributed by atoms with Crippen LogP contribution in [0.4, 0.5) is 9.59 Å². The lowest BCUT2D eigenvalue weighted by Gasteiger charge is -1.94. The third kappa shape index (κ3) is 1.33. The summed E-state index contributed by atoms with van der Waals surface area (Å²) in [4.78, 5) is 21.4. The molecule has 2 rings (SSSR count). The van der Waals surface area contributed by atoms with Gasteiger partial charge in [0.1, 0.15) is 0 Å². The Morgan fingerprint density at radius 1 is 1.00 bits per heavy atom. The van der Waals surface area contributed by atoms with Crippen LogP contribution in [0.15, 0.2) is 12.4 Å². The number of hydrogen-bond acceptors (Lipinski definition) is 5. The van der Waals surface area contributed by atoms with Gasteiger partial charge in [0.25, 0.3) is 0 Å². The van der Waals surface area contributed by atoms with E-state index >= 15 is 0 Å². The largest absolute Gasteiger partial charge is 0.524 e. The number of carbonyl (C=O) groups is 2. The van der Waals surface area contributed by atoms with Crippen molar-refractivity contribution in [2.75, 3.05) is 0 Å². The minimum absolute atomic E-state index is 0.165. The minimum atomic E-state index is -1.09. The average molecular weight is 183 g/mol. The van der Waals surface area contributed by atoms with Gasteiger partial charge in [-0.2, -0.15) is 0 Å². The summed E-state index contributed by atoms with van der Waals surface area (Å²) in [5.41, 5.74) is 0. The quantitative estimate of drug-likeness (QED) is 0.444. The predicted molar refractivity (Wildman–Crippen MR) is 38.5 cm³/mol. The zero-order valence-electron chi connectivity index (χ0n) is 6.64. The Labute approximate surface area is 72.6 Å². The topological polar surface area (TPSA) is 66.8 Å². The second-order valence-corrected chi connectivity index (χ2v) is 2.46. The third-order valence-electron chi connectivity index (χ3n) is 1.44. The molecule has 0 aromatic carbocycles. The van der Waals surface area contributed by atoms with E-state index < -0.39 is 12.3 Å². The second-order valence-electron chi connectivity index (χ2n) is 2.46. The number of cyclic esters (lactones) is 2. The molecule has 2 heterocycles. The molecule has 0 bridgehead atoms. The highest BCUT2D eigenvalue weighted by Gasteiger charge is 2.24. The van der Waals surface area contributed by atoms with Gasteiger partial charge in [0, 0.05) is 7.05 Å². The Balaban J connectivity index is 2.42. The van der Waals surface area contributed by atoms with E-state index in [2.05, 4.69) is 14.2 Å².